The lowest BCUT2D eigenvalue weighted by molar-refractivity contribution is -0.137. The minimum atomic E-state index is -0.768. The predicted octanol–water partition coefficient (Wildman–Crippen LogP) is 2.42. The van der Waals surface area contributed by atoms with Gasteiger partial charge in [-0.15, -0.1) is 0 Å². The molecule has 0 aromatic carbocycles. The highest BCUT2D eigenvalue weighted by Crippen LogP contribution is 2.36. The second-order valence-electron chi connectivity index (χ2n) is 5.59. The van der Waals surface area contributed by atoms with Crippen molar-refractivity contribution in [2.24, 2.45) is 5.92 Å². The molecule has 1 saturated carbocycles. The lowest BCUT2D eigenvalue weighted by atomic mass is 9.85. The van der Waals surface area contributed by atoms with Gasteiger partial charge in [0.25, 0.3) is 0 Å². The summed E-state index contributed by atoms with van der Waals surface area (Å²) < 4.78 is 0. The number of unbranched alkanes of at least 4 members (excludes halogenated alkanes) is 1. The van der Waals surface area contributed by atoms with Gasteiger partial charge in [0, 0.05) is 25.4 Å². The van der Waals surface area contributed by atoms with Gasteiger partial charge in [-0.25, -0.2) is 0 Å². The first-order valence-electron chi connectivity index (χ1n) is 7.20. The molecule has 18 heavy (non-hydrogen) atoms. The minimum Gasteiger partial charge on any atom is -0.481 e. The molecule has 1 amide bonds. The number of likely N-dealkylation sites (tertiary alicyclic amines) is 1. The Kier molecular flexibility index (Phi) is 4.61. The molecule has 0 aromatic rings. The maximum absolute atomic E-state index is 12.1. The Hall–Kier alpha value is -1.06. The van der Waals surface area contributed by atoms with Crippen molar-refractivity contribution in [3.8, 4) is 0 Å². The molecule has 4 heteroatoms. The smallest absolute Gasteiger partial charge is 0.303 e. The third kappa shape index (κ3) is 3.24. The maximum Gasteiger partial charge on any atom is 0.303 e. The zero-order valence-corrected chi connectivity index (χ0v) is 10.9. The van der Waals surface area contributed by atoms with Gasteiger partial charge in [-0.05, 0) is 38.0 Å². The molecule has 4 nitrogen and oxygen atoms in total. The van der Waals surface area contributed by atoms with Crippen LogP contribution in [0.1, 0.15) is 57.8 Å². The first kappa shape index (κ1) is 13.4. The van der Waals surface area contributed by atoms with Crippen molar-refractivity contribution in [3.05, 3.63) is 0 Å². The summed E-state index contributed by atoms with van der Waals surface area (Å²) in [6, 6.07) is 0.491. The van der Waals surface area contributed by atoms with E-state index in [0.717, 1.165) is 12.5 Å². The van der Waals surface area contributed by atoms with E-state index in [1.54, 1.807) is 0 Å². The number of carboxylic acid groups (broad SMARTS) is 1. The highest BCUT2D eigenvalue weighted by Gasteiger charge is 2.37. The summed E-state index contributed by atoms with van der Waals surface area (Å²) in [7, 11) is 0. The maximum atomic E-state index is 12.1. The molecule has 1 aliphatic heterocycles. The van der Waals surface area contributed by atoms with E-state index in [4.69, 9.17) is 5.11 Å². The molecule has 2 fully saturated rings. The van der Waals surface area contributed by atoms with Gasteiger partial charge in [0.1, 0.15) is 0 Å². The number of carboxylic acids is 1. The van der Waals surface area contributed by atoms with Crippen molar-refractivity contribution >= 4 is 11.9 Å². The second-order valence-corrected chi connectivity index (χ2v) is 5.59. The highest BCUT2D eigenvalue weighted by atomic mass is 16.4. The molecule has 2 atom stereocenters. The number of hydrogen-bond donors (Lipinski definition) is 1. The van der Waals surface area contributed by atoms with Gasteiger partial charge in [-0.1, -0.05) is 12.8 Å². The topological polar surface area (TPSA) is 57.6 Å². The van der Waals surface area contributed by atoms with E-state index < -0.39 is 5.97 Å². The van der Waals surface area contributed by atoms with Crippen LogP contribution in [0.4, 0.5) is 0 Å². The standard InChI is InChI=1S/C14H23NO3/c16-13(7-3-4-8-14(17)18)15-10-9-11-5-1-2-6-12(11)15/h11-12H,1-10H2,(H,17,18). The van der Waals surface area contributed by atoms with E-state index in [1.165, 1.54) is 32.1 Å². The van der Waals surface area contributed by atoms with Crippen molar-refractivity contribution < 1.29 is 14.7 Å². The molecule has 1 heterocycles. The number of amides is 1. The van der Waals surface area contributed by atoms with Crippen LogP contribution >= 0.6 is 0 Å². The van der Waals surface area contributed by atoms with Gasteiger partial charge in [-0.3, -0.25) is 9.59 Å². The molecular weight excluding hydrogens is 230 g/mol. The fraction of sp³-hybridized carbons (Fsp3) is 0.857. The van der Waals surface area contributed by atoms with Crippen LogP contribution in [0, 0.1) is 5.92 Å². The molecular formula is C14H23NO3. The summed E-state index contributed by atoms with van der Waals surface area (Å²) >= 11 is 0. The molecule has 2 rings (SSSR count). The molecule has 2 aliphatic rings. The summed E-state index contributed by atoms with van der Waals surface area (Å²) in [5.41, 5.74) is 0. The molecule has 0 bridgehead atoms. The average Bonchev–Trinajstić information content (AvgIpc) is 2.78. The van der Waals surface area contributed by atoms with E-state index in [2.05, 4.69) is 4.90 Å². The zero-order chi connectivity index (χ0) is 13.0. The molecule has 1 N–H and O–H groups in total. The molecule has 1 aliphatic carbocycles. The lowest BCUT2D eigenvalue weighted by Gasteiger charge is -2.31. The number of fused-ring (bicyclic) bond motifs is 1. The Morgan fingerprint density at radius 2 is 1.78 bits per heavy atom. The Balaban J connectivity index is 1.73. The highest BCUT2D eigenvalue weighted by molar-refractivity contribution is 5.77. The van der Waals surface area contributed by atoms with Gasteiger partial charge in [-0.2, -0.15) is 0 Å². The Morgan fingerprint density at radius 3 is 2.56 bits per heavy atom. The van der Waals surface area contributed by atoms with Crippen molar-refractivity contribution in [1.29, 1.82) is 0 Å². The Morgan fingerprint density at radius 1 is 1.06 bits per heavy atom. The number of carbonyl (C=O) groups excluding carboxylic acids is 1. The van der Waals surface area contributed by atoms with Gasteiger partial charge in [0.2, 0.25) is 5.91 Å². The first-order valence-corrected chi connectivity index (χ1v) is 7.20. The first-order chi connectivity index (χ1) is 8.68. The zero-order valence-electron chi connectivity index (χ0n) is 10.9. The summed E-state index contributed by atoms with van der Waals surface area (Å²) in [5.74, 6) is 0.215. The lowest BCUT2D eigenvalue weighted by Crippen LogP contribution is -2.39. The van der Waals surface area contributed by atoms with Crippen LogP contribution in [-0.4, -0.2) is 34.5 Å². The number of nitrogens with zero attached hydrogens (tertiary/aromatic N) is 1. The Bertz CT molecular complexity index is 316. The number of carbonyl (C=O) groups is 2. The van der Waals surface area contributed by atoms with Crippen LogP contribution in [0.15, 0.2) is 0 Å². The number of aliphatic carboxylic acids is 1. The van der Waals surface area contributed by atoms with Crippen molar-refractivity contribution in [3.63, 3.8) is 0 Å². The summed E-state index contributed by atoms with van der Waals surface area (Å²) in [4.78, 5) is 24.6. The average molecular weight is 253 g/mol. The van der Waals surface area contributed by atoms with E-state index in [9.17, 15) is 9.59 Å². The van der Waals surface area contributed by atoms with E-state index in [1.807, 2.05) is 0 Å². The van der Waals surface area contributed by atoms with Crippen LogP contribution in [0.25, 0.3) is 0 Å². The van der Waals surface area contributed by atoms with Crippen LogP contribution in [-0.2, 0) is 9.59 Å². The molecule has 0 spiro atoms. The van der Waals surface area contributed by atoms with Gasteiger partial charge < -0.3 is 10.0 Å². The largest absolute Gasteiger partial charge is 0.481 e. The van der Waals surface area contributed by atoms with Gasteiger partial charge in [0.15, 0.2) is 0 Å². The number of rotatable bonds is 5. The van der Waals surface area contributed by atoms with E-state index in [0.29, 0.717) is 25.3 Å². The molecule has 2 unspecified atom stereocenters. The van der Waals surface area contributed by atoms with Crippen molar-refractivity contribution in [1.82, 2.24) is 4.90 Å². The van der Waals surface area contributed by atoms with Crippen molar-refractivity contribution in [2.75, 3.05) is 6.54 Å². The van der Waals surface area contributed by atoms with Crippen LogP contribution in [0.3, 0.4) is 0 Å². The van der Waals surface area contributed by atoms with Gasteiger partial charge in [0.05, 0.1) is 0 Å². The fourth-order valence-corrected chi connectivity index (χ4v) is 3.41. The minimum absolute atomic E-state index is 0.180. The van der Waals surface area contributed by atoms with Gasteiger partial charge >= 0.3 is 5.97 Å². The molecule has 0 aromatic heterocycles. The van der Waals surface area contributed by atoms with Crippen LogP contribution in [0.5, 0.6) is 0 Å². The quantitative estimate of drug-likeness (QED) is 0.765. The van der Waals surface area contributed by atoms with E-state index in [-0.39, 0.29) is 12.3 Å². The summed E-state index contributed by atoms with van der Waals surface area (Å²) in [6.45, 7) is 0.924. The fourth-order valence-electron chi connectivity index (χ4n) is 3.41. The summed E-state index contributed by atoms with van der Waals surface area (Å²) in [5, 5.41) is 8.55. The second kappa shape index (κ2) is 6.21. The Labute approximate surface area is 108 Å². The van der Waals surface area contributed by atoms with Crippen LogP contribution < -0.4 is 0 Å². The summed E-state index contributed by atoms with van der Waals surface area (Å²) in [6.07, 6.45) is 8.23. The van der Waals surface area contributed by atoms with E-state index >= 15 is 0 Å². The predicted molar refractivity (Wildman–Crippen MR) is 68.2 cm³/mol. The number of hydrogen-bond acceptors (Lipinski definition) is 2. The monoisotopic (exact) mass is 253 g/mol. The van der Waals surface area contributed by atoms with Crippen molar-refractivity contribution in [2.45, 2.75) is 63.8 Å². The van der Waals surface area contributed by atoms with Crippen LogP contribution in [0.2, 0.25) is 0 Å². The molecule has 102 valence electrons. The molecule has 0 radical (unpaired) electrons. The normalized spacial score (nSPS) is 27.0. The third-order valence-electron chi connectivity index (χ3n) is 4.36. The third-order valence-corrected chi connectivity index (χ3v) is 4.36. The molecule has 1 saturated heterocycles. The SMILES string of the molecule is O=C(O)CCCCC(=O)N1CCC2CCCCC21.